The molecule has 112 valence electrons. The van der Waals surface area contributed by atoms with Gasteiger partial charge in [-0.05, 0) is 58.6 Å². The second-order valence-corrected chi connectivity index (χ2v) is 7.56. The first-order valence-corrected chi connectivity index (χ1v) is 7.67. The first-order valence-electron chi connectivity index (χ1n) is 7.67. The van der Waals surface area contributed by atoms with Gasteiger partial charge in [0.2, 0.25) is 0 Å². The minimum absolute atomic E-state index is 0.0991. The third kappa shape index (κ3) is 2.77. The van der Waals surface area contributed by atoms with Gasteiger partial charge in [0, 0.05) is 11.5 Å². The van der Waals surface area contributed by atoms with Gasteiger partial charge in [0.1, 0.15) is 0 Å². The van der Waals surface area contributed by atoms with Crippen molar-refractivity contribution in [1.82, 2.24) is 0 Å². The highest BCUT2D eigenvalue weighted by Crippen LogP contribution is 2.49. The smallest absolute Gasteiger partial charge is 0.0683 e. The Morgan fingerprint density at radius 2 is 1.75 bits per heavy atom. The van der Waals surface area contributed by atoms with Crippen molar-refractivity contribution in [3.05, 3.63) is 35.4 Å². The first kappa shape index (κ1) is 15.5. The fourth-order valence-corrected chi connectivity index (χ4v) is 3.80. The summed E-state index contributed by atoms with van der Waals surface area (Å²) in [5.74, 6) is 0.303. The molecule has 0 amide bonds. The third-order valence-corrected chi connectivity index (χ3v) is 4.78. The van der Waals surface area contributed by atoms with Crippen molar-refractivity contribution in [3.8, 4) is 0 Å². The van der Waals surface area contributed by atoms with E-state index < -0.39 is 0 Å². The molecule has 1 aromatic carbocycles. The molecule has 0 saturated carbocycles. The van der Waals surface area contributed by atoms with Gasteiger partial charge in [-0.15, -0.1) is 0 Å². The molecule has 1 heterocycles. The second kappa shape index (κ2) is 4.85. The molecule has 1 aliphatic rings. The van der Waals surface area contributed by atoms with Crippen LogP contribution in [0.4, 0.5) is 0 Å². The number of benzene rings is 1. The van der Waals surface area contributed by atoms with Crippen LogP contribution in [0.2, 0.25) is 0 Å². The summed E-state index contributed by atoms with van der Waals surface area (Å²) in [7, 11) is 0. The Morgan fingerprint density at radius 3 is 2.15 bits per heavy atom. The molecule has 2 N–H and O–H groups in total. The Morgan fingerprint density at radius 1 is 1.20 bits per heavy atom. The normalized spacial score (nSPS) is 27.2. The molecule has 1 aromatic rings. The minimum atomic E-state index is -0.371. The molecule has 2 unspecified atom stereocenters. The highest BCUT2D eigenvalue weighted by Gasteiger charge is 2.52. The van der Waals surface area contributed by atoms with Crippen LogP contribution in [0.15, 0.2) is 24.3 Å². The molecule has 2 rings (SSSR count). The fraction of sp³-hybridized carbons (Fsp3) is 0.667. The Bertz CT molecular complexity index is 471. The maximum atomic E-state index is 6.75. The minimum Gasteiger partial charge on any atom is -0.369 e. The number of aryl methyl sites for hydroxylation is 1. The monoisotopic (exact) mass is 275 g/mol. The summed E-state index contributed by atoms with van der Waals surface area (Å²) in [5.41, 5.74) is 8.64. The van der Waals surface area contributed by atoms with Crippen molar-refractivity contribution in [1.29, 1.82) is 0 Å². The summed E-state index contributed by atoms with van der Waals surface area (Å²) in [6.07, 6.45) is 2.05. The largest absolute Gasteiger partial charge is 0.369 e. The van der Waals surface area contributed by atoms with Gasteiger partial charge in [0.25, 0.3) is 0 Å². The molecular weight excluding hydrogens is 246 g/mol. The Hall–Kier alpha value is -0.860. The highest BCUT2D eigenvalue weighted by molar-refractivity contribution is 5.30. The van der Waals surface area contributed by atoms with Gasteiger partial charge < -0.3 is 10.5 Å². The number of hydrogen-bond acceptors (Lipinski definition) is 2. The van der Waals surface area contributed by atoms with Crippen LogP contribution < -0.4 is 5.73 Å². The van der Waals surface area contributed by atoms with Crippen LogP contribution in [0.1, 0.15) is 59.1 Å². The summed E-state index contributed by atoms with van der Waals surface area (Å²) < 4.78 is 6.22. The summed E-state index contributed by atoms with van der Waals surface area (Å²) >= 11 is 0. The van der Waals surface area contributed by atoms with Gasteiger partial charge in [0.05, 0.1) is 11.2 Å². The lowest BCUT2D eigenvalue weighted by molar-refractivity contribution is -0.0814. The van der Waals surface area contributed by atoms with Crippen LogP contribution >= 0.6 is 0 Å². The molecule has 0 radical (unpaired) electrons. The van der Waals surface area contributed by atoms with E-state index in [1.54, 1.807) is 0 Å². The lowest BCUT2D eigenvalue weighted by Crippen LogP contribution is -2.48. The number of hydrogen-bond donors (Lipinski definition) is 1. The van der Waals surface area contributed by atoms with Gasteiger partial charge >= 0.3 is 0 Å². The van der Waals surface area contributed by atoms with Crippen LogP contribution in [-0.4, -0.2) is 11.2 Å². The van der Waals surface area contributed by atoms with E-state index in [1.807, 2.05) is 0 Å². The summed E-state index contributed by atoms with van der Waals surface area (Å²) in [6.45, 7) is 13.0. The average molecular weight is 275 g/mol. The fourth-order valence-electron chi connectivity index (χ4n) is 3.80. The first-order chi connectivity index (χ1) is 9.08. The molecule has 1 saturated heterocycles. The maximum Gasteiger partial charge on any atom is 0.0683 e. The Balaban J connectivity index is 2.33. The van der Waals surface area contributed by atoms with Gasteiger partial charge in [-0.25, -0.2) is 0 Å². The van der Waals surface area contributed by atoms with Crippen molar-refractivity contribution in [2.75, 3.05) is 0 Å². The Labute approximate surface area is 123 Å². The molecule has 2 atom stereocenters. The summed E-state index contributed by atoms with van der Waals surface area (Å²) in [5, 5.41) is 0. The SMILES string of the molecule is CCc1ccc(C(C)(N)C2CC(C)(C)OC2(C)C)cc1. The van der Waals surface area contributed by atoms with E-state index in [0.29, 0.717) is 5.92 Å². The zero-order valence-electron chi connectivity index (χ0n) is 13.8. The van der Waals surface area contributed by atoms with Crippen molar-refractivity contribution < 1.29 is 4.74 Å². The van der Waals surface area contributed by atoms with Crippen LogP contribution in [-0.2, 0) is 16.7 Å². The topological polar surface area (TPSA) is 35.2 Å². The van der Waals surface area contributed by atoms with Crippen molar-refractivity contribution in [2.45, 2.75) is 71.1 Å². The summed E-state index contributed by atoms with van der Waals surface area (Å²) in [6, 6.07) is 8.74. The van der Waals surface area contributed by atoms with Gasteiger partial charge in [-0.1, -0.05) is 31.2 Å². The lowest BCUT2D eigenvalue weighted by Gasteiger charge is -2.39. The van der Waals surface area contributed by atoms with Gasteiger partial charge in [-0.3, -0.25) is 0 Å². The van der Waals surface area contributed by atoms with E-state index in [0.717, 1.165) is 12.8 Å². The zero-order chi connectivity index (χ0) is 15.2. The van der Waals surface area contributed by atoms with E-state index in [9.17, 15) is 0 Å². The predicted octanol–water partition coefficient (Wildman–Crippen LogP) is 4.02. The second-order valence-electron chi connectivity index (χ2n) is 7.56. The molecule has 1 aliphatic heterocycles. The van der Waals surface area contributed by atoms with E-state index in [1.165, 1.54) is 11.1 Å². The molecule has 0 spiro atoms. The molecular formula is C18H29NO. The highest BCUT2D eigenvalue weighted by atomic mass is 16.5. The van der Waals surface area contributed by atoms with E-state index in [4.69, 9.17) is 10.5 Å². The van der Waals surface area contributed by atoms with Crippen LogP contribution in [0.25, 0.3) is 0 Å². The standard InChI is InChI=1S/C18H29NO/c1-7-13-8-10-14(11-9-13)18(6,19)15-12-16(2,3)20-17(15,4)5/h8-11,15H,7,12,19H2,1-6H3. The predicted molar refractivity (Wildman–Crippen MR) is 84.7 cm³/mol. The molecule has 2 heteroatoms. The summed E-state index contributed by atoms with van der Waals surface area (Å²) in [4.78, 5) is 0. The van der Waals surface area contributed by atoms with Crippen molar-refractivity contribution >= 4 is 0 Å². The quantitative estimate of drug-likeness (QED) is 0.904. The molecule has 1 fully saturated rings. The van der Waals surface area contributed by atoms with Crippen molar-refractivity contribution in [2.24, 2.45) is 11.7 Å². The average Bonchev–Trinajstić information content (AvgIpc) is 2.58. The van der Waals surface area contributed by atoms with Gasteiger partial charge in [-0.2, -0.15) is 0 Å². The van der Waals surface area contributed by atoms with E-state index in [2.05, 4.69) is 65.8 Å². The van der Waals surface area contributed by atoms with Gasteiger partial charge in [0.15, 0.2) is 0 Å². The number of nitrogens with two attached hydrogens (primary N) is 1. The Kier molecular flexibility index (Phi) is 3.77. The molecule has 0 aliphatic carbocycles. The third-order valence-electron chi connectivity index (χ3n) is 4.78. The molecule has 0 bridgehead atoms. The number of ether oxygens (including phenoxy) is 1. The van der Waals surface area contributed by atoms with Crippen LogP contribution in [0, 0.1) is 5.92 Å². The van der Waals surface area contributed by atoms with Crippen LogP contribution in [0.3, 0.4) is 0 Å². The van der Waals surface area contributed by atoms with E-state index >= 15 is 0 Å². The number of rotatable bonds is 3. The lowest BCUT2D eigenvalue weighted by atomic mass is 9.70. The zero-order valence-corrected chi connectivity index (χ0v) is 13.8. The molecule has 20 heavy (non-hydrogen) atoms. The van der Waals surface area contributed by atoms with E-state index in [-0.39, 0.29) is 16.7 Å². The molecule has 0 aromatic heterocycles. The van der Waals surface area contributed by atoms with Crippen LogP contribution in [0.5, 0.6) is 0 Å². The van der Waals surface area contributed by atoms with Crippen molar-refractivity contribution in [3.63, 3.8) is 0 Å². The molecule has 2 nitrogen and oxygen atoms in total. The maximum absolute atomic E-state index is 6.75.